The van der Waals surface area contributed by atoms with Crippen LogP contribution in [0.2, 0.25) is 0 Å². The Morgan fingerprint density at radius 3 is 2.35 bits per heavy atom. The van der Waals surface area contributed by atoms with Crippen LogP contribution in [0.5, 0.6) is 5.75 Å². The Labute approximate surface area is 241 Å². The van der Waals surface area contributed by atoms with Gasteiger partial charge in [-0.2, -0.15) is 0 Å². The molecule has 220 valence electrons. The van der Waals surface area contributed by atoms with E-state index in [1.807, 2.05) is 0 Å². The molecule has 0 aliphatic carbocycles. The van der Waals surface area contributed by atoms with E-state index < -0.39 is 75.8 Å². The predicted molar refractivity (Wildman–Crippen MR) is 144 cm³/mol. The fourth-order valence-electron chi connectivity index (χ4n) is 5.43. The lowest BCUT2D eigenvalue weighted by Crippen LogP contribution is -2.45. The van der Waals surface area contributed by atoms with Crippen LogP contribution in [0.25, 0.3) is 0 Å². The molecule has 0 saturated heterocycles. The van der Waals surface area contributed by atoms with E-state index in [0.29, 0.717) is 29.7 Å². The van der Waals surface area contributed by atoms with Crippen molar-refractivity contribution in [1.29, 1.82) is 0 Å². The third kappa shape index (κ3) is 5.13. The predicted octanol–water partition coefficient (Wildman–Crippen LogP) is 5.20. The molecule has 0 saturated carbocycles. The van der Waals surface area contributed by atoms with Crippen LogP contribution >= 0.6 is 0 Å². The highest BCUT2D eigenvalue weighted by Gasteiger charge is 2.39. The molecule has 12 heteroatoms. The average molecular weight is 596 g/mol. The number of carbonyl (C=O) groups excluding carboxylic acids is 2. The molecule has 3 heterocycles. The highest BCUT2D eigenvalue weighted by atomic mass is 19.2. The zero-order valence-corrected chi connectivity index (χ0v) is 22.3. The van der Waals surface area contributed by atoms with E-state index in [9.17, 15) is 36.3 Å². The molecule has 1 aromatic heterocycles. The molecule has 2 aliphatic rings. The van der Waals surface area contributed by atoms with Gasteiger partial charge in [0.2, 0.25) is 5.43 Å². The van der Waals surface area contributed by atoms with Crippen molar-refractivity contribution >= 4 is 17.5 Å². The summed E-state index contributed by atoms with van der Waals surface area (Å²) in [6.45, 7) is -0.798. The minimum Gasteiger partial charge on any atom is -0.483 e. The molecule has 2 aliphatic heterocycles. The van der Waals surface area contributed by atoms with Gasteiger partial charge in [-0.05, 0) is 30.0 Å². The van der Waals surface area contributed by atoms with Crippen LogP contribution in [-0.2, 0) is 19.6 Å². The Morgan fingerprint density at radius 1 is 0.930 bits per heavy atom. The minimum atomic E-state index is -1.22. The molecule has 0 unspecified atom stereocenters. The summed E-state index contributed by atoms with van der Waals surface area (Å²) in [7, 11) is 0. The molecule has 7 nitrogen and oxygen atoms in total. The summed E-state index contributed by atoms with van der Waals surface area (Å²) in [5.41, 5.74) is -0.986. The number of nitrogens with zero attached hydrogens (tertiary/aromatic N) is 2. The Bertz CT molecular complexity index is 1820. The molecule has 2 amide bonds. The number of nitrogens with one attached hydrogen (secondary N) is 1. The normalized spacial score (nSPS) is 15.4. The number of rotatable bonds is 6. The molecular formula is C31H22F5N3O4. The van der Waals surface area contributed by atoms with Gasteiger partial charge in [-0.15, -0.1) is 0 Å². The number of benzene rings is 3. The lowest BCUT2D eigenvalue weighted by atomic mass is 10.0. The maximum absolute atomic E-state index is 14.2. The first-order chi connectivity index (χ1) is 20.6. The van der Waals surface area contributed by atoms with Crippen LogP contribution in [0.15, 0.2) is 65.6 Å². The average Bonchev–Trinajstić information content (AvgIpc) is 3.13. The monoisotopic (exact) mass is 595 g/mol. The summed E-state index contributed by atoms with van der Waals surface area (Å²) in [6, 6.07) is 11.1. The van der Waals surface area contributed by atoms with Crippen LogP contribution in [0.4, 0.5) is 27.6 Å². The van der Waals surface area contributed by atoms with Gasteiger partial charge < -0.3 is 19.5 Å². The maximum Gasteiger partial charge on any atom is 0.279 e. The number of fused-ring (bicyclic) bond motifs is 6. The summed E-state index contributed by atoms with van der Waals surface area (Å²) in [5, 5.41) is 2.28. The van der Waals surface area contributed by atoms with Gasteiger partial charge in [0.25, 0.3) is 11.8 Å². The fraction of sp³-hybridized carbons (Fsp3) is 0.194. The van der Waals surface area contributed by atoms with Gasteiger partial charge in [0.1, 0.15) is 29.6 Å². The number of anilines is 1. The number of halogens is 5. The summed E-state index contributed by atoms with van der Waals surface area (Å²) < 4.78 is 77.3. The molecule has 0 radical (unpaired) electrons. The summed E-state index contributed by atoms with van der Waals surface area (Å²) in [4.78, 5) is 42.1. The van der Waals surface area contributed by atoms with Crippen molar-refractivity contribution in [2.45, 2.75) is 32.0 Å². The Balaban J connectivity index is 1.42. The topological polar surface area (TPSA) is 80.6 Å². The van der Waals surface area contributed by atoms with Gasteiger partial charge in [-0.25, -0.2) is 22.0 Å². The number of ether oxygens (including phenoxy) is 1. The largest absolute Gasteiger partial charge is 0.483 e. The standard InChI is InChI=1S/C31H22F5N3O4/c32-18-9-22(33)20(23(34)10-18)12-37-30(41)21-14-38-19-7-6-17-8-24(35)25(36)11-26(17)39(13-19)31(42)27(38)29(28(21)40)43-15-16-4-2-1-3-5-16/h1-5,8-11,14,19H,6-7,12-13,15H2,(H,37,41)/t19-/m1/s1. The number of hydrogen-bond donors (Lipinski definition) is 1. The summed E-state index contributed by atoms with van der Waals surface area (Å²) >= 11 is 0. The van der Waals surface area contributed by atoms with Crippen LogP contribution < -0.4 is 20.4 Å². The molecule has 1 atom stereocenters. The van der Waals surface area contributed by atoms with Crippen LogP contribution in [0.3, 0.4) is 0 Å². The third-order valence-corrected chi connectivity index (χ3v) is 7.59. The molecule has 3 aromatic carbocycles. The Morgan fingerprint density at radius 2 is 1.63 bits per heavy atom. The van der Waals surface area contributed by atoms with Gasteiger partial charge in [0.15, 0.2) is 23.1 Å². The first-order valence-electron chi connectivity index (χ1n) is 13.3. The maximum atomic E-state index is 14.2. The molecule has 4 aromatic rings. The molecule has 43 heavy (non-hydrogen) atoms. The molecule has 2 bridgehead atoms. The van der Waals surface area contributed by atoms with E-state index in [1.165, 1.54) is 15.7 Å². The van der Waals surface area contributed by atoms with Gasteiger partial charge >= 0.3 is 0 Å². The SMILES string of the molecule is O=C(NCc1c(F)cc(F)cc1F)c1cn2c(c(OCc3ccccc3)c1=O)C(=O)N1C[C@H]2CCc2cc(F)c(F)cc21. The van der Waals surface area contributed by atoms with E-state index in [1.54, 1.807) is 30.3 Å². The van der Waals surface area contributed by atoms with Crippen LogP contribution in [0.1, 0.15) is 50.0 Å². The number of aromatic nitrogens is 1. The Kier molecular flexibility index (Phi) is 7.20. The van der Waals surface area contributed by atoms with Gasteiger partial charge in [0.05, 0.1) is 11.7 Å². The van der Waals surface area contributed by atoms with E-state index >= 15 is 0 Å². The quantitative estimate of drug-likeness (QED) is 0.311. The second-order valence-corrected chi connectivity index (χ2v) is 10.3. The second kappa shape index (κ2) is 11.0. The van der Waals surface area contributed by atoms with E-state index in [2.05, 4.69) is 5.32 Å². The fourth-order valence-corrected chi connectivity index (χ4v) is 5.43. The van der Waals surface area contributed by atoms with Crippen molar-refractivity contribution in [1.82, 2.24) is 9.88 Å². The summed E-state index contributed by atoms with van der Waals surface area (Å²) in [6.07, 6.45) is 1.77. The van der Waals surface area contributed by atoms with Crippen molar-refractivity contribution in [2.24, 2.45) is 0 Å². The van der Waals surface area contributed by atoms with E-state index in [-0.39, 0.29) is 31.0 Å². The smallest absolute Gasteiger partial charge is 0.279 e. The molecular weight excluding hydrogens is 573 g/mol. The van der Waals surface area contributed by atoms with Gasteiger partial charge in [0, 0.05) is 43.0 Å². The first-order valence-corrected chi connectivity index (χ1v) is 13.3. The number of aryl methyl sites for hydroxylation is 1. The van der Waals surface area contributed by atoms with Crippen LogP contribution in [-0.4, -0.2) is 22.9 Å². The molecule has 0 spiro atoms. The minimum absolute atomic E-state index is 0.0396. The molecule has 0 fully saturated rings. The highest BCUT2D eigenvalue weighted by Crippen LogP contribution is 2.38. The van der Waals surface area contributed by atoms with Crippen molar-refractivity contribution in [3.63, 3.8) is 0 Å². The molecule has 6 rings (SSSR count). The number of hydrogen-bond acceptors (Lipinski definition) is 4. The number of pyridine rings is 1. The van der Waals surface area contributed by atoms with Crippen LogP contribution in [0, 0.1) is 29.1 Å². The van der Waals surface area contributed by atoms with E-state index in [0.717, 1.165) is 12.1 Å². The Hall–Kier alpha value is -5.00. The lowest BCUT2D eigenvalue weighted by Gasteiger charge is -2.35. The van der Waals surface area contributed by atoms with Crippen molar-refractivity contribution in [3.05, 3.63) is 128 Å². The summed E-state index contributed by atoms with van der Waals surface area (Å²) in [5.74, 6) is -7.93. The third-order valence-electron chi connectivity index (χ3n) is 7.59. The van der Waals surface area contributed by atoms with Crippen molar-refractivity contribution in [2.75, 3.05) is 11.4 Å². The zero-order chi connectivity index (χ0) is 30.4. The van der Waals surface area contributed by atoms with E-state index in [4.69, 9.17) is 4.74 Å². The lowest BCUT2D eigenvalue weighted by molar-refractivity contribution is 0.0927. The highest BCUT2D eigenvalue weighted by molar-refractivity contribution is 6.09. The van der Waals surface area contributed by atoms with Crippen molar-refractivity contribution < 1.29 is 36.3 Å². The number of carbonyl (C=O) groups is 2. The van der Waals surface area contributed by atoms with Crippen molar-refractivity contribution in [3.8, 4) is 5.75 Å². The molecule has 1 N–H and O–H groups in total. The van der Waals surface area contributed by atoms with Gasteiger partial charge in [-0.3, -0.25) is 14.4 Å². The second-order valence-electron chi connectivity index (χ2n) is 10.3. The van der Waals surface area contributed by atoms with Gasteiger partial charge in [-0.1, -0.05) is 30.3 Å². The number of amides is 2. The zero-order valence-electron chi connectivity index (χ0n) is 22.3. The first kappa shape index (κ1) is 28.1.